The first kappa shape index (κ1) is 47.7. The molecule has 21 heteroatoms. The predicted octanol–water partition coefficient (Wildman–Crippen LogP) is -2.01. The Bertz CT molecular complexity index is 1960. The van der Waals surface area contributed by atoms with Crippen molar-refractivity contribution in [3.63, 3.8) is 0 Å². The van der Waals surface area contributed by atoms with Gasteiger partial charge in [-0.3, -0.25) is 38.4 Å². The second kappa shape index (κ2) is 22.6. The number of hydrogen-bond acceptors (Lipinski definition) is 11. The molecule has 3 fully saturated rings. The fraction of sp³-hybridized carbons (Fsp3) is 0.571. The van der Waals surface area contributed by atoms with Gasteiger partial charge in [0.25, 0.3) is 0 Å². The summed E-state index contributed by atoms with van der Waals surface area (Å²) in [6.45, 7) is 4.27. The van der Waals surface area contributed by atoms with Crippen LogP contribution in [0.3, 0.4) is 0 Å². The van der Waals surface area contributed by atoms with Gasteiger partial charge in [0.1, 0.15) is 36.3 Å². The Morgan fingerprint density at radius 1 is 0.810 bits per heavy atom. The van der Waals surface area contributed by atoms with E-state index in [4.69, 9.17) is 5.73 Å². The van der Waals surface area contributed by atoms with Crippen molar-refractivity contribution in [1.29, 1.82) is 0 Å². The van der Waals surface area contributed by atoms with Crippen LogP contribution in [-0.4, -0.2) is 147 Å². The summed E-state index contributed by atoms with van der Waals surface area (Å²) < 4.78 is 0. The van der Waals surface area contributed by atoms with E-state index in [-0.39, 0.29) is 31.7 Å². The Morgan fingerprint density at radius 3 is 2.11 bits per heavy atom. The third-order valence-electron chi connectivity index (χ3n) is 11.8. The van der Waals surface area contributed by atoms with Gasteiger partial charge in [-0.15, -0.1) is 0 Å². The summed E-state index contributed by atoms with van der Waals surface area (Å²) in [4.78, 5) is 128. The van der Waals surface area contributed by atoms with Crippen LogP contribution in [0.25, 0.3) is 0 Å². The van der Waals surface area contributed by atoms with Gasteiger partial charge in [0, 0.05) is 37.8 Å². The second-order valence-corrected chi connectivity index (χ2v) is 16.3. The number of hydrogen-bond donors (Lipinski definition) is 9. The Morgan fingerprint density at radius 2 is 1.49 bits per heavy atom. The minimum absolute atomic E-state index is 0.145. The van der Waals surface area contributed by atoms with Crippen molar-refractivity contribution >= 4 is 53.2 Å². The summed E-state index contributed by atoms with van der Waals surface area (Å²) >= 11 is 0. The van der Waals surface area contributed by atoms with Crippen LogP contribution in [0.5, 0.6) is 0 Å². The molecule has 0 spiro atoms. The lowest BCUT2D eigenvalue weighted by molar-refractivity contribution is -0.144. The molecule has 3 aliphatic rings. The smallest absolute Gasteiger partial charge is 0.326 e. The number of likely N-dealkylation sites (tertiary alicyclic amines) is 2. The molecule has 1 aromatic heterocycles. The maximum atomic E-state index is 14.1. The Kier molecular flexibility index (Phi) is 17.1. The van der Waals surface area contributed by atoms with Crippen molar-refractivity contribution < 1.29 is 48.3 Å². The molecule has 1 aromatic carbocycles. The highest BCUT2D eigenvalue weighted by atomic mass is 16.4. The van der Waals surface area contributed by atoms with Gasteiger partial charge in [-0.2, -0.15) is 0 Å². The number of benzene rings is 1. The van der Waals surface area contributed by atoms with Crippen LogP contribution in [0.1, 0.15) is 76.5 Å². The number of amides is 8. The number of carboxylic acids is 1. The van der Waals surface area contributed by atoms with Gasteiger partial charge in [0.15, 0.2) is 0 Å². The SMILES string of the molecule is CC[C@H](C)[C@H](NC(=O)[C@@H]1CCCN1C(=O)CNC(=O)[C@@H]1CCCN1C(=O)[C@H](Cc1ccccc1)NC(=O)[C@@H]1CCCN1)C(=O)N[C@@H](Cc1cnc[nH]1)C(=O)N[C@@H](CC(N)=O)C(=O)O. The number of nitrogens with one attached hydrogen (secondary N) is 7. The number of carbonyl (C=O) groups excluding carboxylic acids is 8. The fourth-order valence-corrected chi connectivity index (χ4v) is 8.17. The number of H-pyrrole nitrogens is 1. The molecule has 342 valence electrons. The molecule has 0 bridgehead atoms. The highest BCUT2D eigenvalue weighted by molar-refractivity contribution is 5.97. The molecule has 0 aliphatic carbocycles. The number of rotatable bonds is 21. The lowest BCUT2D eigenvalue weighted by Crippen LogP contribution is -2.60. The number of aliphatic carboxylic acids is 1. The maximum absolute atomic E-state index is 14.1. The van der Waals surface area contributed by atoms with Crippen molar-refractivity contribution in [2.45, 2.75) is 120 Å². The average molecular weight is 878 g/mol. The van der Waals surface area contributed by atoms with Crippen molar-refractivity contribution in [1.82, 2.24) is 51.7 Å². The molecule has 8 atom stereocenters. The normalized spacial score (nSPS) is 20.7. The molecular weight excluding hydrogens is 819 g/mol. The van der Waals surface area contributed by atoms with Crippen LogP contribution >= 0.6 is 0 Å². The average Bonchev–Trinajstić information content (AvgIpc) is 4.12. The molecule has 4 heterocycles. The van der Waals surface area contributed by atoms with Gasteiger partial charge in [-0.05, 0) is 56.6 Å². The minimum Gasteiger partial charge on any atom is -0.480 e. The van der Waals surface area contributed by atoms with Crippen molar-refractivity contribution in [2.24, 2.45) is 11.7 Å². The van der Waals surface area contributed by atoms with E-state index in [1.807, 2.05) is 30.3 Å². The standard InChI is InChI=1S/C42H59N11O10/c1-3-24(2)35(40(60)48-28(19-26-21-44-23-47-26)37(57)50-30(42(62)63)20-33(43)54)51-39(59)32-14-8-16-52(32)34(55)22-46-38(58)31-13-9-17-53(31)41(61)29(18-25-10-5-4-6-11-25)49-36(56)27-12-7-15-45-27/h4-6,10-11,21,23-24,27-32,35,45H,3,7-9,12-20,22H2,1-2H3,(H2,43,54)(H,44,47)(H,46,58)(H,48,60)(H,49,56)(H,50,57)(H,51,59)(H,62,63)/t24-,27-,28-,29-,30-,31-,32-,35-/m0/s1. The summed E-state index contributed by atoms with van der Waals surface area (Å²) in [5.41, 5.74) is 6.44. The van der Waals surface area contributed by atoms with E-state index in [1.165, 1.54) is 22.3 Å². The fourth-order valence-electron chi connectivity index (χ4n) is 8.17. The first-order chi connectivity index (χ1) is 30.2. The number of nitrogens with two attached hydrogens (primary N) is 1. The zero-order valence-electron chi connectivity index (χ0n) is 35.6. The molecule has 10 N–H and O–H groups in total. The molecule has 0 unspecified atom stereocenters. The molecule has 3 aliphatic heterocycles. The number of imidazole rings is 1. The lowest BCUT2D eigenvalue weighted by atomic mass is 9.97. The van der Waals surface area contributed by atoms with Gasteiger partial charge in [0.2, 0.25) is 47.3 Å². The molecule has 0 saturated carbocycles. The van der Waals surface area contributed by atoms with Crippen molar-refractivity contribution in [3.8, 4) is 0 Å². The molecule has 8 amide bonds. The number of aromatic nitrogens is 2. The predicted molar refractivity (Wildman–Crippen MR) is 225 cm³/mol. The number of primary amides is 1. The monoisotopic (exact) mass is 877 g/mol. The Labute approximate surface area is 364 Å². The van der Waals surface area contributed by atoms with E-state index in [2.05, 4.69) is 41.9 Å². The van der Waals surface area contributed by atoms with Crippen LogP contribution in [0.2, 0.25) is 0 Å². The third kappa shape index (κ3) is 13.1. The topological polar surface area (TPSA) is 307 Å². The van der Waals surface area contributed by atoms with Gasteiger partial charge in [0.05, 0.1) is 25.3 Å². The Balaban J connectivity index is 1.21. The molecule has 0 radical (unpaired) electrons. The van der Waals surface area contributed by atoms with Crippen LogP contribution in [0.15, 0.2) is 42.9 Å². The molecular formula is C42H59N11O10. The van der Waals surface area contributed by atoms with Crippen LogP contribution in [0.4, 0.5) is 0 Å². The van der Waals surface area contributed by atoms with E-state index >= 15 is 0 Å². The molecule has 3 saturated heterocycles. The highest BCUT2D eigenvalue weighted by Crippen LogP contribution is 2.22. The van der Waals surface area contributed by atoms with Gasteiger partial charge < -0.3 is 57.5 Å². The summed E-state index contributed by atoms with van der Waals surface area (Å²) in [6.07, 6.45) is 5.72. The van der Waals surface area contributed by atoms with E-state index in [0.29, 0.717) is 50.9 Å². The molecule has 5 rings (SSSR count). The Hall–Kier alpha value is -6.38. The first-order valence-corrected chi connectivity index (χ1v) is 21.5. The van der Waals surface area contributed by atoms with Gasteiger partial charge >= 0.3 is 5.97 Å². The van der Waals surface area contributed by atoms with E-state index in [1.54, 1.807) is 13.8 Å². The first-order valence-electron chi connectivity index (χ1n) is 21.5. The van der Waals surface area contributed by atoms with Gasteiger partial charge in [-0.1, -0.05) is 50.6 Å². The molecule has 2 aromatic rings. The summed E-state index contributed by atoms with van der Waals surface area (Å²) in [5.74, 6) is -6.99. The van der Waals surface area contributed by atoms with Crippen LogP contribution in [-0.2, 0) is 56.0 Å². The van der Waals surface area contributed by atoms with Crippen molar-refractivity contribution in [2.75, 3.05) is 26.2 Å². The van der Waals surface area contributed by atoms with E-state index < -0.39 is 108 Å². The summed E-state index contributed by atoms with van der Waals surface area (Å²) in [5, 5.41) is 25.9. The molecule has 63 heavy (non-hydrogen) atoms. The summed E-state index contributed by atoms with van der Waals surface area (Å²) in [6, 6.07) is 1.88. The summed E-state index contributed by atoms with van der Waals surface area (Å²) in [7, 11) is 0. The second-order valence-electron chi connectivity index (χ2n) is 16.3. The van der Waals surface area contributed by atoms with E-state index in [0.717, 1.165) is 12.0 Å². The van der Waals surface area contributed by atoms with Crippen molar-refractivity contribution in [3.05, 3.63) is 54.1 Å². The molecule has 21 nitrogen and oxygen atoms in total. The zero-order chi connectivity index (χ0) is 45.6. The van der Waals surface area contributed by atoms with Gasteiger partial charge in [-0.25, -0.2) is 9.78 Å². The quantitative estimate of drug-likeness (QED) is 0.0658. The zero-order valence-corrected chi connectivity index (χ0v) is 35.6. The number of carbonyl (C=O) groups is 9. The number of aromatic amines is 1. The number of nitrogens with zero attached hydrogens (tertiary/aromatic N) is 3. The van der Waals surface area contributed by atoms with Crippen LogP contribution in [0, 0.1) is 5.92 Å². The maximum Gasteiger partial charge on any atom is 0.326 e. The minimum atomic E-state index is -1.66. The van der Waals surface area contributed by atoms with E-state index in [9.17, 15) is 48.3 Å². The number of carboxylic acid groups (broad SMARTS) is 1. The largest absolute Gasteiger partial charge is 0.480 e. The lowest BCUT2D eigenvalue weighted by Gasteiger charge is -2.30. The third-order valence-corrected chi connectivity index (χ3v) is 11.8. The van der Waals surface area contributed by atoms with Crippen LogP contribution < -0.4 is 37.6 Å². The highest BCUT2D eigenvalue weighted by Gasteiger charge is 2.41.